The molecule has 0 N–H and O–H groups in total. The second-order valence-electron chi connectivity index (χ2n) is 4.61. The Balaban J connectivity index is 1.87. The van der Waals surface area contributed by atoms with Gasteiger partial charge >= 0.3 is 0 Å². The molecule has 4 nitrogen and oxygen atoms in total. The molecule has 78 valence electrons. The lowest BCUT2D eigenvalue weighted by molar-refractivity contribution is -0.130. The zero-order valence-electron chi connectivity index (χ0n) is 8.64. The number of morpholine rings is 1. The van der Waals surface area contributed by atoms with Crippen LogP contribution in [0.15, 0.2) is 0 Å². The van der Waals surface area contributed by atoms with Gasteiger partial charge in [-0.1, -0.05) is 0 Å². The van der Waals surface area contributed by atoms with Crippen LogP contribution in [0.2, 0.25) is 0 Å². The molecule has 4 heteroatoms. The van der Waals surface area contributed by atoms with Crippen LogP contribution in [0, 0.1) is 0 Å². The Morgan fingerprint density at radius 3 is 2.93 bits per heavy atom. The first kappa shape index (κ1) is 8.68. The molecular weight excluding hydrogens is 180 g/mol. The summed E-state index contributed by atoms with van der Waals surface area (Å²) in [5, 5.41) is 0. The van der Waals surface area contributed by atoms with E-state index in [4.69, 9.17) is 4.74 Å². The van der Waals surface area contributed by atoms with Crippen LogP contribution in [0.4, 0.5) is 0 Å². The maximum Gasteiger partial charge on any atom is 0.219 e. The maximum absolute atomic E-state index is 11.3. The number of likely N-dealkylation sites (N-methyl/N-ethyl adjacent to an activating group) is 1. The highest BCUT2D eigenvalue weighted by Crippen LogP contribution is 2.41. The van der Waals surface area contributed by atoms with Gasteiger partial charge in [0, 0.05) is 27.1 Å². The number of ether oxygens (including phenoxy) is 1. The second kappa shape index (κ2) is 2.70. The molecule has 3 aliphatic rings. The Bertz CT molecular complexity index is 267. The van der Waals surface area contributed by atoms with Crippen molar-refractivity contribution in [2.24, 2.45) is 0 Å². The summed E-state index contributed by atoms with van der Waals surface area (Å²) in [7, 11) is 1.90. The van der Waals surface area contributed by atoms with Gasteiger partial charge in [-0.15, -0.1) is 0 Å². The molecule has 0 unspecified atom stereocenters. The fourth-order valence-corrected chi connectivity index (χ4v) is 3.24. The van der Waals surface area contributed by atoms with Crippen molar-refractivity contribution in [1.82, 2.24) is 9.80 Å². The average molecular weight is 196 g/mol. The van der Waals surface area contributed by atoms with E-state index < -0.39 is 0 Å². The van der Waals surface area contributed by atoms with Gasteiger partial charge in [-0.3, -0.25) is 9.69 Å². The van der Waals surface area contributed by atoms with Crippen molar-refractivity contribution in [3.8, 4) is 0 Å². The molecule has 3 saturated heterocycles. The first-order chi connectivity index (χ1) is 6.68. The van der Waals surface area contributed by atoms with Crippen molar-refractivity contribution >= 4 is 5.91 Å². The maximum atomic E-state index is 11.3. The average Bonchev–Trinajstić information content (AvgIpc) is 2.70. The molecule has 0 saturated carbocycles. The molecule has 0 aliphatic carbocycles. The molecule has 0 aromatic heterocycles. The number of hydrogen-bond donors (Lipinski definition) is 0. The van der Waals surface area contributed by atoms with Gasteiger partial charge in [0.25, 0.3) is 0 Å². The largest absolute Gasteiger partial charge is 0.370 e. The van der Waals surface area contributed by atoms with Crippen LogP contribution in [0.25, 0.3) is 0 Å². The minimum atomic E-state index is 0.151. The van der Waals surface area contributed by atoms with Gasteiger partial charge in [0.2, 0.25) is 5.91 Å². The molecule has 3 rings (SSSR count). The van der Waals surface area contributed by atoms with Gasteiger partial charge in [0.1, 0.15) is 0 Å². The molecule has 0 radical (unpaired) electrons. The van der Waals surface area contributed by atoms with Crippen LogP contribution < -0.4 is 0 Å². The van der Waals surface area contributed by atoms with E-state index in [1.54, 1.807) is 6.92 Å². The Morgan fingerprint density at radius 1 is 1.50 bits per heavy atom. The SMILES string of the molecule is CC(=O)N(C)[C@H]1[C@@H]2[C@H]3CCN2C[C@@H]1O3. The van der Waals surface area contributed by atoms with Crippen LogP contribution in [0.1, 0.15) is 13.3 Å². The number of carbonyl (C=O) groups is 1. The zero-order chi connectivity index (χ0) is 9.87. The molecule has 3 heterocycles. The fraction of sp³-hybridized carbons (Fsp3) is 0.900. The van der Waals surface area contributed by atoms with Crippen molar-refractivity contribution in [2.45, 2.75) is 37.6 Å². The minimum Gasteiger partial charge on any atom is -0.370 e. The number of amides is 1. The van der Waals surface area contributed by atoms with Crippen molar-refractivity contribution in [3.05, 3.63) is 0 Å². The minimum absolute atomic E-state index is 0.151. The third-order valence-corrected chi connectivity index (χ3v) is 3.94. The molecule has 3 fully saturated rings. The molecule has 1 amide bonds. The van der Waals surface area contributed by atoms with Gasteiger partial charge < -0.3 is 9.64 Å². The highest BCUT2D eigenvalue weighted by Gasteiger charge is 2.58. The monoisotopic (exact) mass is 196 g/mol. The van der Waals surface area contributed by atoms with E-state index in [0.29, 0.717) is 18.2 Å². The third-order valence-electron chi connectivity index (χ3n) is 3.94. The zero-order valence-corrected chi connectivity index (χ0v) is 8.64. The van der Waals surface area contributed by atoms with E-state index >= 15 is 0 Å². The number of hydrogen-bond acceptors (Lipinski definition) is 3. The van der Waals surface area contributed by atoms with Crippen LogP contribution in [-0.2, 0) is 9.53 Å². The summed E-state index contributed by atoms with van der Waals surface area (Å²) in [4.78, 5) is 15.7. The molecule has 4 atom stereocenters. The van der Waals surface area contributed by atoms with E-state index in [1.807, 2.05) is 11.9 Å². The van der Waals surface area contributed by atoms with E-state index in [2.05, 4.69) is 4.90 Å². The Kier molecular flexibility index (Phi) is 1.67. The van der Waals surface area contributed by atoms with Crippen molar-refractivity contribution in [3.63, 3.8) is 0 Å². The molecule has 0 spiro atoms. The predicted molar refractivity (Wildman–Crippen MR) is 50.9 cm³/mol. The first-order valence-electron chi connectivity index (χ1n) is 5.31. The quantitative estimate of drug-likeness (QED) is 0.576. The van der Waals surface area contributed by atoms with Crippen LogP contribution in [0.3, 0.4) is 0 Å². The summed E-state index contributed by atoms with van der Waals surface area (Å²) < 4.78 is 5.90. The smallest absolute Gasteiger partial charge is 0.219 e. The van der Waals surface area contributed by atoms with Gasteiger partial charge in [0.15, 0.2) is 0 Å². The molecular formula is C10H16N2O2. The van der Waals surface area contributed by atoms with Gasteiger partial charge in [-0.2, -0.15) is 0 Å². The van der Waals surface area contributed by atoms with Gasteiger partial charge in [0.05, 0.1) is 24.3 Å². The predicted octanol–water partition coefficient (Wildman–Crippen LogP) is -0.311. The van der Waals surface area contributed by atoms with E-state index in [-0.39, 0.29) is 12.0 Å². The second-order valence-corrected chi connectivity index (χ2v) is 4.61. The summed E-state index contributed by atoms with van der Waals surface area (Å²) in [6.07, 6.45) is 1.80. The Hall–Kier alpha value is -0.610. The van der Waals surface area contributed by atoms with Crippen molar-refractivity contribution in [2.75, 3.05) is 20.1 Å². The topological polar surface area (TPSA) is 32.8 Å². The lowest BCUT2D eigenvalue weighted by Gasteiger charge is -2.26. The van der Waals surface area contributed by atoms with E-state index in [1.165, 1.54) is 0 Å². The lowest BCUT2D eigenvalue weighted by atomic mass is 10.1. The van der Waals surface area contributed by atoms with Gasteiger partial charge in [-0.25, -0.2) is 0 Å². The molecule has 14 heavy (non-hydrogen) atoms. The summed E-state index contributed by atoms with van der Waals surface area (Å²) in [6.45, 7) is 3.80. The normalized spacial score (nSPS) is 44.7. The number of rotatable bonds is 1. The molecule has 0 aromatic carbocycles. The highest BCUT2D eigenvalue weighted by atomic mass is 16.5. The Morgan fingerprint density at radius 2 is 2.29 bits per heavy atom. The van der Waals surface area contributed by atoms with Crippen LogP contribution >= 0.6 is 0 Å². The first-order valence-corrected chi connectivity index (χ1v) is 5.31. The summed E-state index contributed by atoms with van der Waals surface area (Å²) >= 11 is 0. The molecule has 3 aliphatic heterocycles. The highest BCUT2D eigenvalue weighted by molar-refractivity contribution is 5.73. The fourth-order valence-electron chi connectivity index (χ4n) is 3.24. The summed E-state index contributed by atoms with van der Waals surface area (Å²) in [6, 6.07) is 0.786. The number of carbonyl (C=O) groups excluding carboxylic acids is 1. The van der Waals surface area contributed by atoms with Crippen molar-refractivity contribution < 1.29 is 9.53 Å². The van der Waals surface area contributed by atoms with Crippen LogP contribution in [0.5, 0.6) is 0 Å². The number of fused-ring (bicyclic) bond motifs is 1. The third kappa shape index (κ3) is 0.929. The van der Waals surface area contributed by atoms with Gasteiger partial charge in [-0.05, 0) is 6.42 Å². The summed E-state index contributed by atoms with van der Waals surface area (Å²) in [5.41, 5.74) is 0. The van der Waals surface area contributed by atoms with Crippen molar-refractivity contribution in [1.29, 1.82) is 0 Å². The van der Waals surface area contributed by atoms with E-state index in [9.17, 15) is 4.79 Å². The Labute approximate surface area is 83.8 Å². The molecule has 0 aromatic rings. The van der Waals surface area contributed by atoms with Crippen LogP contribution in [-0.4, -0.2) is 60.1 Å². The molecule has 2 bridgehead atoms. The number of nitrogens with zero attached hydrogens (tertiary/aromatic N) is 2. The standard InChI is InChI=1S/C10H16N2O2/c1-6(13)11(2)9-8-5-12-4-3-7(14-8)10(9)12/h7-10H,3-5H2,1-2H3/t7-,8+,9-,10+/m1/s1. The van der Waals surface area contributed by atoms with E-state index in [0.717, 1.165) is 19.5 Å². The lowest BCUT2D eigenvalue weighted by Crippen LogP contribution is -2.45. The summed E-state index contributed by atoms with van der Waals surface area (Å²) in [5.74, 6) is 0.151.